The molecule has 192 valence electrons. The molecule has 2 aromatic carbocycles. The maximum absolute atomic E-state index is 5.96. The minimum Gasteiger partial charge on any atom is -0.355 e. The number of anilines is 4. The third-order valence-electron chi connectivity index (χ3n) is 6.00. The molecule has 2 heterocycles. The van der Waals surface area contributed by atoms with Crippen molar-refractivity contribution >= 4 is 77.8 Å². The van der Waals surface area contributed by atoms with Crippen LogP contribution in [0.3, 0.4) is 0 Å². The Balaban J connectivity index is 1.15. The molecular weight excluding hydrogens is 635 g/mol. The highest BCUT2D eigenvalue weighted by Gasteiger charge is 2.16. The molecule has 0 aliphatic carbocycles. The van der Waals surface area contributed by atoms with Gasteiger partial charge in [0.05, 0.1) is 11.4 Å². The summed E-state index contributed by atoms with van der Waals surface area (Å²) in [5, 5.41) is 8.27. The summed E-state index contributed by atoms with van der Waals surface area (Å²) in [7, 11) is 0. The lowest BCUT2D eigenvalue weighted by Crippen LogP contribution is -2.35. The first-order valence-electron chi connectivity index (χ1n) is 12.3. The second-order valence-corrected chi connectivity index (χ2v) is 11.8. The number of rotatable bonds is 12. The van der Waals surface area contributed by atoms with Crippen LogP contribution in [0.2, 0.25) is 10.0 Å². The van der Waals surface area contributed by atoms with Gasteiger partial charge in [-0.05, 0) is 93.2 Å². The largest absolute Gasteiger partial charge is 0.355 e. The average molecular weight is 665 g/mol. The van der Waals surface area contributed by atoms with Crippen molar-refractivity contribution in [2.75, 3.05) is 10.6 Å². The summed E-state index contributed by atoms with van der Waals surface area (Å²) in [6.07, 6.45) is 14.1. The van der Waals surface area contributed by atoms with E-state index in [1.54, 1.807) is 0 Å². The van der Waals surface area contributed by atoms with Crippen molar-refractivity contribution < 1.29 is 9.13 Å². The highest BCUT2D eigenvalue weighted by molar-refractivity contribution is 9.09. The maximum Gasteiger partial charge on any atom is 0.211 e. The molecule has 2 N–H and O–H groups in total. The van der Waals surface area contributed by atoms with E-state index < -0.39 is 0 Å². The molecule has 0 aliphatic heterocycles. The predicted octanol–water partition coefficient (Wildman–Crippen LogP) is 9.49. The third kappa shape index (κ3) is 8.99. The molecule has 0 bridgehead atoms. The number of pyridine rings is 2. The van der Waals surface area contributed by atoms with Crippen LogP contribution in [0.4, 0.5) is 22.7 Å². The van der Waals surface area contributed by atoms with Gasteiger partial charge in [0.2, 0.25) is 9.90 Å². The number of nitrogens with one attached hydrogen (secondary N) is 2. The Hall–Kier alpha value is -2.12. The fourth-order valence-corrected chi connectivity index (χ4v) is 5.36. The van der Waals surface area contributed by atoms with Gasteiger partial charge < -0.3 is 10.6 Å². The van der Waals surface area contributed by atoms with Crippen LogP contribution in [0, 0.1) is 0 Å². The zero-order valence-corrected chi connectivity index (χ0v) is 25.0. The van der Waals surface area contributed by atoms with Crippen LogP contribution in [-0.2, 0) is 0 Å². The van der Waals surface area contributed by atoms with E-state index in [2.05, 4.69) is 101 Å². The van der Waals surface area contributed by atoms with Crippen LogP contribution in [0.15, 0.2) is 97.6 Å². The van der Waals surface area contributed by atoms with Crippen LogP contribution >= 0.6 is 55.1 Å². The van der Waals surface area contributed by atoms with Crippen molar-refractivity contribution in [3.63, 3.8) is 0 Å². The second-order valence-electron chi connectivity index (χ2n) is 8.84. The first kappa shape index (κ1) is 27.9. The number of aromatic nitrogens is 2. The molecule has 0 amide bonds. The number of alkyl halides is 2. The zero-order chi connectivity index (χ0) is 26.0. The highest BCUT2D eigenvalue weighted by atomic mass is 79.9. The summed E-state index contributed by atoms with van der Waals surface area (Å²) in [5.74, 6) is 0. The number of benzene rings is 2. The number of hydrogen-bond donors (Lipinski definition) is 2. The maximum atomic E-state index is 5.96. The molecule has 4 rings (SSSR count). The molecule has 2 atom stereocenters. The third-order valence-corrected chi connectivity index (χ3v) is 8.37. The molecule has 8 heteroatoms. The zero-order valence-electron chi connectivity index (χ0n) is 20.3. The lowest BCUT2D eigenvalue weighted by Gasteiger charge is -2.09. The van der Waals surface area contributed by atoms with Crippen molar-refractivity contribution in [2.45, 2.75) is 42.0 Å². The molecule has 2 aromatic heterocycles. The van der Waals surface area contributed by atoms with Crippen LogP contribution in [-0.4, -0.2) is 0 Å². The standard InChI is InChI=1S/C29H28Br2Cl2N4/c30-28(36-18-14-26(15-19-36)34-24-10-6-22(32)7-11-24)4-2-1-3-5-29(31)37-20-16-27(17-21-37)35-25-12-8-23(33)9-13-25/h6-21,28-29H,1-5H2/p+2. The van der Waals surface area contributed by atoms with E-state index >= 15 is 0 Å². The van der Waals surface area contributed by atoms with E-state index in [0.29, 0.717) is 0 Å². The Morgan fingerprint density at radius 1 is 0.514 bits per heavy atom. The molecule has 4 aromatic rings. The van der Waals surface area contributed by atoms with Crippen LogP contribution in [0.5, 0.6) is 0 Å². The fraction of sp³-hybridized carbons (Fsp3) is 0.241. The molecule has 2 unspecified atom stereocenters. The lowest BCUT2D eigenvalue weighted by atomic mass is 10.1. The summed E-state index contributed by atoms with van der Waals surface area (Å²) in [6, 6.07) is 23.8. The van der Waals surface area contributed by atoms with E-state index in [0.717, 1.165) is 45.6 Å². The van der Waals surface area contributed by atoms with E-state index in [1.807, 2.05) is 48.5 Å². The van der Waals surface area contributed by atoms with Crippen LogP contribution in [0.25, 0.3) is 0 Å². The molecule has 0 aliphatic rings. The second kappa shape index (κ2) is 14.1. The Bertz CT molecular complexity index is 1140. The minimum atomic E-state index is 0.284. The van der Waals surface area contributed by atoms with Gasteiger partial charge in [0, 0.05) is 58.5 Å². The topological polar surface area (TPSA) is 31.8 Å². The summed E-state index contributed by atoms with van der Waals surface area (Å²) in [5.41, 5.74) is 4.14. The van der Waals surface area contributed by atoms with Crippen LogP contribution in [0.1, 0.15) is 42.0 Å². The molecule has 0 fully saturated rings. The summed E-state index contributed by atoms with van der Waals surface area (Å²) in [6.45, 7) is 0. The van der Waals surface area contributed by atoms with Gasteiger partial charge in [-0.2, -0.15) is 9.13 Å². The van der Waals surface area contributed by atoms with Gasteiger partial charge in [0.15, 0.2) is 24.8 Å². The molecule has 37 heavy (non-hydrogen) atoms. The Morgan fingerprint density at radius 3 is 1.19 bits per heavy atom. The molecule has 0 saturated heterocycles. The van der Waals surface area contributed by atoms with Gasteiger partial charge in [-0.3, -0.25) is 0 Å². The van der Waals surface area contributed by atoms with Crippen molar-refractivity contribution in [1.82, 2.24) is 0 Å². The van der Waals surface area contributed by atoms with Gasteiger partial charge in [0.25, 0.3) is 0 Å². The number of unbranched alkanes of at least 4 members (excludes halogenated alkanes) is 2. The number of nitrogens with zero attached hydrogens (tertiary/aromatic N) is 2. The molecule has 0 spiro atoms. The summed E-state index contributed by atoms with van der Waals surface area (Å²) >= 11 is 19.6. The molecular formula is C29H30Br2Cl2N4+2. The van der Waals surface area contributed by atoms with Gasteiger partial charge in [-0.1, -0.05) is 29.6 Å². The fourth-order valence-electron chi connectivity index (χ4n) is 3.92. The van der Waals surface area contributed by atoms with Gasteiger partial charge in [0.1, 0.15) is 0 Å². The molecule has 4 nitrogen and oxygen atoms in total. The minimum absolute atomic E-state index is 0.284. The number of hydrogen-bond acceptors (Lipinski definition) is 2. The monoisotopic (exact) mass is 662 g/mol. The van der Waals surface area contributed by atoms with Gasteiger partial charge >= 0.3 is 0 Å². The van der Waals surface area contributed by atoms with E-state index in [9.17, 15) is 0 Å². The molecule has 0 radical (unpaired) electrons. The predicted molar refractivity (Wildman–Crippen MR) is 162 cm³/mol. The van der Waals surface area contributed by atoms with Crippen molar-refractivity contribution in [3.8, 4) is 0 Å². The van der Waals surface area contributed by atoms with E-state index in [4.69, 9.17) is 23.2 Å². The Labute approximate surface area is 245 Å². The summed E-state index contributed by atoms with van der Waals surface area (Å²) < 4.78 is 4.41. The summed E-state index contributed by atoms with van der Waals surface area (Å²) in [4.78, 5) is 0.568. The first-order valence-corrected chi connectivity index (χ1v) is 14.9. The number of halogens is 4. The first-order chi connectivity index (χ1) is 18.0. The lowest BCUT2D eigenvalue weighted by molar-refractivity contribution is -0.698. The average Bonchev–Trinajstić information content (AvgIpc) is 2.92. The van der Waals surface area contributed by atoms with Gasteiger partial charge in [-0.15, -0.1) is 0 Å². The van der Waals surface area contributed by atoms with E-state index in [1.165, 1.54) is 19.3 Å². The quantitative estimate of drug-likeness (QED) is 0.0898. The van der Waals surface area contributed by atoms with Crippen molar-refractivity contribution in [2.24, 2.45) is 0 Å². The van der Waals surface area contributed by atoms with Crippen LogP contribution < -0.4 is 19.8 Å². The van der Waals surface area contributed by atoms with Crippen molar-refractivity contribution in [3.05, 3.63) is 108 Å². The van der Waals surface area contributed by atoms with E-state index in [-0.39, 0.29) is 9.90 Å². The van der Waals surface area contributed by atoms with Crippen molar-refractivity contribution in [1.29, 1.82) is 0 Å². The van der Waals surface area contributed by atoms with Gasteiger partial charge in [-0.25, -0.2) is 0 Å². The molecule has 0 saturated carbocycles. The Kier molecular flexibility index (Phi) is 10.7. The SMILES string of the molecule is Clc1ccc(Nc2cc[n+](C(Br)CCCCCC(Br)[n+]3ccc(Nc4ccc(Cl)cc4)cc3)cc2)cc1. The Morgan fingerprint density at radius 2 is 0.838 bits per heavy atom. The smallest absolute Gasteiger partial charge is 0.211 e. The normalized spacial score (nSPS) is 12.6. The highest BCUT2D eigenvalue weighted by Crippen LogP contribution is 2.23.